The maximum atomic E-state index is 12.0. The molecule has 1 rings (SSSR count). The first-order valence-corrected chi connectivity index (χ1v) is 7.10. The molecular weight excluding hydrogens is 246 g/mol. The fourth-order valence-electron chi connectivity index (χ4n) is 2.31. The van der Waals surface area contributed by atoms with Gasteiger partial charge in [0.15, 0.2) is 0 Å². The summed E-state index contributed by atoms with van der Waals surface area (Å²) in [6.07, 6.45) is 2.41. The Bertz CT molecular complexity index is 288. The topological polar surface area (TPSA) is 70.0 Å². The van der Waals surface area contributed by atoms with E-state index in [0.29, 0.717) is 19.5 Å². The van der Waals surface area contributed by atoms with Crippen molar-refractivity contribution in [2.75, 3.05) is 19.7 Å². The van der Waals surface area contributed by atoms with E-state index in [-0.39, 0.29) is 24.7 Å². The van der Waals surface area contributed by atoms with Crippen molar-refractivity contribution in [3.63, 3.8) is 0 Å². The van der Waals surface area contributed by atoms with E-state index in [2.05, 4.69) is 0 Å². The molecule has 0 saturated carbocycles. The van der Waals surface area contributed by atoms with E-state index in [1.807, 2.05) is 20.8 Å². The third-order valence-electron chi connectivity index (χ3n) is 3.33. The number of amides is 1. The highest BCUT2D eigenvalue weighted by Gasteiger charge is 2.32. The molecule has 2 atom stereocenters. The van der Waals surface area contributed by atoms with Crippen LogP contribution in [0.1, 0.15) is 46.5 Å². The zero-order chi connectivity index (χ0) is 14.5. The third kappa shape index (κ3) is 5.78. The number of hydrogen-bond donors (Lipinski definition) is 2. The van der Waals surface area contributed by atoms with Crippen LogP contribution in [0, 0.1) is 5.92 Å². The molecule has 1 heterocycles. The van der Waals surface area contributed by atoms with Crippen molar-refractivity contribution in [3.05, 3.63) is 0 Å². The number of aliphatic hydroxyl groups excluding tert-OH is 2. The third-order valence-corrected chi connectivity index (χ3v) is 3.33. The number of piperidine rings is 1. The van der Waals surface area contributed by atoms with Crippen molar-refractivity contribution in [1.82, 2.24) is 4.90 Å². The van der Waals surface area contributed by atoms with E-state index in [9.17, 15) is 9.90 Å². The molecular formula is C14H27NO4. The maximum absolute atomic E-state index is 12.0. The molecule has 2 N–H and O–H groups in total. The lowest BCUT2D eigenvalue weighted by molar-refractivity contribution is -0.0106. The van der Waals surface area contributed by atoms with Gasteiger partial charge in [-0.15, -0.1) is 0 Å². The number of ether oxygens (including phenoxy) is 1. The van der Waals surface area contributed by atoms with E-state index in [1.54, 1.807) is 4.90 Å². The molecule has 0 aromatic rings. The lowest BCUT2D eigenvalue weighted by atomic mass is 9.90. The number of rotatable bonds is 4. The van der Waals surface area contributed by atoms with Gasteiger partial charge in [0.05, 0.1) is 6.10 Å². The van der Waals surface area contributed by atoms with Gasteiger partial charge in [-0.2, -0.15) is 0 Å². The Hall–Kier alpha value is -0.810. The zero-order valence-electron chi connectivity index (χ0n) is 12.3. The molecule has 2 unspecified atom stereocenters. The Labute approximate surface area is 115 Å². The first-order valence-electron chi connectivity index (χ1n) is 7.10. The van der Waals surface area contributed by atoms with Gasteiger partial charge in [0.25, 0.3) is 0 Å². The summed E-state index contributed by atoms with van der Waals surface area (Å²) in [5, 5.41) is 18.7. The van der Waals surface area contributed by atoms with Crippen molar-refractivity contribution in [2.24, 2.45) is 5.92 Å². The lowest BCUT2D eigenvalue weighted by Crippen LogP contribution is -2.47. The lowest BCUT2D eigenvalue weighted by Gasteiger charge is -2.37. The van der Waals surface area contributed by atoms with Gasteiger partial charge in [-0.05, 0) is 40.0 Å². The molecule has 5 nitrogen and oxygen atoms in total. The van der Waals surface area contributed by atoms with Crippen LogP contribution >= 0.6 is 0 Å². The van der Waals surface area contributed by atoms with Gasteiger partial charge in [0.1, 0.15) is 5.60 Å². The van der Waals surface area contributed by atoms with E-state index < -0.39 is 5.60 Å². The van der Waals surface area contributed by atoms with Gasteiger partial charge >= 0.3 is 6.09 Å². The van der Waals surface area contributed by atoms with Gasteiger partial charge in [-0.25, -0.2) is 4.79 Å². The summed E-state index contributed by atoms with van der Waals surface area (Å²) in [7, 11) is 0. The van der Waals surface area contributed by atoms with E-state index in [1.165, 1.54) is 0 Å². The summed E-state index contributed by atoms with van der Waals surface area (Å²) in [6.45, 7) is 6.82. The number of nitrogens with zero attached hydrogens (tertiary/aromatic N) is 1. The number of unbranched alkanes of at least 4 members (excludes halogenated alkanes) is 1. The highest BCUT2D eigenvalue weighted by Crippen LogP contribution is 2.23. The normalized spacial score (nSPS) is 24.4. The number of likely N-dealkylation sites (tertiary alicyclic amines) is 1. The molecule has 1 amide bonds. The zero-order valence-corrected chi connectivity index (χ0v) is 12.3. The Morgan fingerprint density at radius 3 is 2.63 bits per heavy atom. The van der Waals surface area contributed by atoms with E-state index in [0.717, 1.165) is 19.3 Å². The van der Waals surface area contributed by atoms with Gasteiger partial charge in [0.2, 0.25) is 0 Å². The predicted molar refractivity (Wildman–Crippen MR) is 72.9 cm³/mol. The smallest absolute Gasteiger partial charge is 0.410 e. The molecule has 112 valence electrons. The van der Waals surface area contributed by atoms with Crippen LogP contribution in [0.3, 0.4) is 0 Å². The number of hydrogen-bond acceptors (Lipinski definition) is 4. The summed E-state index contributed by atoms with van der Waals surface area (Å²) in [6, 6.07) is 0. The minimum atomic E-state index is -0.487. The molecule has 0 aliphatic carbocycles. The van der Waals surface area contributed by atoms with Crippen molar-refractivity contribution in [1.29, 1.82) is 0 Å². The Balaban J connectivity index is 2.46. The molecule has 0 radical (unpaired) electrons. The molecule has 19 heavy (non-hydrogen) atoms. The molecule has 0 aromatic heterocycles. The highest BCUT2D eigenvalue weighted by atomic mass is 16.6. The molecule has 1 aliphatic heterocycles. The van der Waals surface area contributed by atoms with Gasteiger partial charge in [-0.1, -0.05) is 6.42 Å². The second-order valence-corrected chi connectivity index (χ2v) is 6.26. The second-order valence-electron chi connectivity index (χ2n) is 6.26. The average molecular weight is 273 g/mol. The van der Waals surface area contributed by atoms with Crippen molar-refractivity contribution >= 4 is 6.09 Å². The fourth-order valence-corrected chi connectivity index (χ4v) is 2.31. The minimum Gasteiger partial charge on any atom is -0.444 e. The standard InChI is InChI=1S/C14H27NO4/c1-14(2,3)19-13(18)15-8-7-12(17)11(10-15)6-4-5-9-16/h11-12,16-17H,4-10H2,1-3H3. The van der Waals surface area contributed by atoms with Crippen LogP contribution in [-0.4, -0.2) is 52.6 Å². The van der Waals surface area contributed by atoms with Crippen molar-refractivity contribution in [3.8, 4) is 0 Å². The van der Waals surface area contributed by atoms with Crippen LogP contribution in [0.5, 0.6) is 0 Å². The number of carbonyl (C=O) groups excluding carboxylic acids is 1. The summed E-state index contributed by atoms with van der Waals surface area (Å²) < 4.78 is 5.35. The Morgan fingerprint density at radius 2 is 2.05 bits per heavy atom. The Kier molecular flexibility index (Phi) is 6.07. The van der Waals surface area contributed by atoms with Crippen LogP contribution in [0.25, 0.3) is 0 Å². The minimum absolute atomic E-state index is 0.0906. The molecule has 1 saturated heterocycles. The largest absolute Gasteiger partial charge is 0.444 e. The highest BCUT2D eigenvalue weighted by molar-refractivity contribution is 5.68. The van der Waals surface area contributed by atoms with Crippen LogP contribution in [-0.2, 0) is 4.74 Å². The van der Waals surface area contributed by atoms with Crippen molar-refractivity contribution in [2.45, 2.75) is 58.2 Å². The quantitative estimate of drug-likeness (QED) is 0.766. The van der Waals surface area contributed by atoms with Crippen LogP contribution < -0.4 is 0 Å². The maximum Gasteiger partial charge on any atom is 0.410 e. The Morgan fingerprint density at radius 1 is 1.37 bits per heavy atom. The van der Waals surface area contributed by atoms with Crippen LogP contribution in [0.2, 0.25) is 0 Å². The molecule has 0 spiro atoms. The molecule has 0 bridgehead atoms. The van der Waals surface area contributed by atoms with Gasteiger partial charge < -0.3 is 19.8 Å². The number of carbonyl (C=O) groups is 1. The summed E-state index contributed by atoms with van der Waals surface area (Å²) in [4.78, 5) is 13.7. The average Bonchev–Trinajstić information content (AvgIpc) is 2.29. The molecule has 5 heteroatoms. The molecule has 1 aliphatic rings. The van der Waals surface area contributed by atoms with Gasteiger partial charge in [-0.3, -0.25) is 0 Å². The predicted octanol–water partition coefficient (Wildman–Crippen LogP) is 1.77. The molecule has 1 fully saturated rings. The molecule has 0 aromatic carbocycles. The van der Waals surface area contributed by atoms with Crippen LogP contribution in [0.15, 0.2) is 0 Å². The van der Waals surface area contributed by atoms with Gasteiger partial charge in [0, 0.05) is 25.6 Å². The second kappa shape index (κ2) is 7.10. The fraction of sp³-hybridized carbons (Fsp3) is 0.929. The first kappa shape index (κ1) is 16.2. The van der Waals surface area contributed by atoms with Crippen LogP contribution in [0.4, 0.5) is 4.79 Å². The monoisotopic (exact) mass is 273 g/mol. The number of aliphatic hydroxyl groups is 2. The van der Waals surface area contributed by atoms with E-state index in [4.69, 9.17) is 9.84 Å². The van der Waals surface area contributed by atoms with Crippen molar-refractivity contribution < 1.29 is 19.7 Å². The SMILES string of the molecule is CC(C)(C)OC(=O)N1CCC(O)C(CCCCO)C1. The summed E-state index contributed by atoms with van der Waals surface area (Å²) >= 11 is 0. The summed E-state index contributed by atoms with van der Waals surface area (Å²) in [5.41, 5.74) is -0.487. The van der Waals surface area contributed by atoms with E-state index >= 15 is 0 Å². The summed E-state index contributed by atoms with van der Waals surface area (Å²) in [5.74, 6) is 0.0906. The first-order chi connectivity index (χ1) is 8.83.